The van der Waals surface area contributed by atoms with Crippen LogP contribution in [0.5, 0.6) is 0 Å². The number of hydrogen-bond acceptors (Lipinski definition) is 4. The molecule has 0 aromatic rings. The minimum Gasteiger partial charge on any atom is -0.396 e. The van der Waals surface area contributed by atoms with Crippen molar-refractivity contribution in [3.63, 3.8) is 0 Å². The van der Waals surface area contributed by atoms with Crippen molar-refractivity contribution in [1.82, 2.24) is 15.5 Å². The third-order valence-corrected chi connectivity index (χ3v) is 2.43. The molecule has 0 unspecified atom stereocenters. The number of hydrogen-bond donors (Lipinski definition) is 3. The number of amides is 3. The molecule has 6 nitrogen and oxygen atoms in total. The maximum absolute atomic E-state index is 11.2. The van der Waals surface area contributed by atoms with E-state index in [-0.39, 0.29) is 12.5 Å². The summed E-state index contributed by atoms with van der Waals surface area (Å²) in [6.07, 6.45) is 0.311. The van der Waals surface area contributed by atoms with E-state index in [9.17, 15) is 9.59 Å². The largest absolute Gasteiger partial charge is 0.396 e. The lowest BCUT2D eigenvalue weighted by Gasteiger charge is -2.37. The van der Waals surface area contributed by atoms with Crippen LogP contribution >= 0.6 is 0 Å². The molecular formula is C9H17N3O3. The molecule has 6 heteroatoms. The Morgan fingerprint density at radius 3 is 2.67 bits per heavy atom. The Hall–Kier alpha value is -1.14. The zero-order chi connectivity index (χ0) is 11.3. The summed E-state index contributed by atoms with van der Waals surface area (Å²) < 4.78 is 0. The highest BCUT2D eigenvalue weighted by Gasteiger charge is 2.25. The molecule has 15 heavy (non-hydrogen) atoms. The first-order chi connectivity index (χ1) is 7.15. The van der Waals surface area contributed by atoms with E-state index in [1.165, 1.54) is 7.05 Å². The molecule has 1 fully saturated rings. The number of rotatable bonds is 4. The normalized spacial score (nSPS) is 16.9. The highest BCUT2D eigenvalue weighted by atomic mass is 16.3. The predicted octanol–water partition coefficient (Wildman–Crippen LogP) is -1.24. The third-order valence-electron chi connectivity index (χ3n) is 2.43. The van der Waals surface area contributed by atoms with Gasteiger partial charge in [0.2, 0.25) is 5.91 Å². The van der Waals surface area contributed by atoms with E-state index >= 15 is 0 Å². The summed E-state index contributed by atoms with van der Waals surface area (Å²) in [5.74, 6) is 0.0776. The summed E-state index contributed by atoms with van der Waals surface area (Å²) in [7, 11) is 1.46. The van der Waals surface area contributed by atoms with Gasteiger partial charge in [0, 0.05) is 45.6 Å². The number of carbonyl (C=O) groups excluding carboxylic acids is 2. The van der Waals surface area contributed by atoms with Crippen molar-refractivity contribution >= 4 is 11.9 Å². The third kappa shape index (κ3) is 3.85. The Labute approximate surface area is 88.6 Å². The predicted molar refractivity (Wildman–Crippen MR) is 54.2 cm³/mol. The number of urea groups is 1. The fourth-order valence-electron chi connectivity index (χ4n) is 1.49. The molecule has 1 aliphatic rings. The molecule has 0 aliphatic carbocycles. The lowest BCUT2D eigenvalue weighted by Crippen LogP contribution is -2.49. The molecular weight excluding hydrogens is 198 g/mol. The second kappa shape index (κ2) is 5.67. The Balaban J connectivity index is 2.05. The fraction of sp³-hybridized carbons (Fsp3) is 0.778. The van der Waals surface area contributed by atoms with Gasteiger partial charge in [-0.1, -0.05) is 0 Å². The Morgan fingerprint density at radius 1 is 1.47 bits per heavy atom. The van der Waals surface area contributed by atoms with Gasteiger partial charge in [0.05, 0.1) is 0 Å². The minimum absolute atomic E-state index is 0.209. The summed E-state index contributed by atoms with van der Waals surface area (Å²) in [6, 6.07) is -0.475. The van der Waals surface area contributed by atoms with Crippen LogP contribution in [0.2, 0.25) is 0 Å². The van der Waals surface area contributed by atoms with Crippen LogP contribution in [-0.4, -0.2) is 55.2 Å². The number of aliphatic hydroxyl groups is 1. The van der Waals surface area contributed by atoms with Gasteiger partial charge in [-0.3, -0.25) is 10.1 Å². The average molecular weight is 215 g/mol. The zero-order valence-corrected chi connectivity index (χ0v) is 8.82. The zero-order valence-electron chi connectivity index (χ0n) is 8.82. The van der Waals surface area contributed by atoms with Crippen LogP contribution in [0, 0.1) is 5.92 Å². The van der Waals surface area contributed by atoms with Gasteiger partial charge >= 0.3 is 6.03 Å². The fourth-order valence-corrected chi connectivity index (χ4v) is 1.49. The molecule has 0 spiro atoms. The molecule has 3 amide bonds. The Morgan fingerprint density at radius 2 is 2.13 bits per heavy atom. The van der Waals surface area contributed by atoms with Crippen molar-refractivity contribution in [2.75, 3.05) is 33.3 Å². The van der Waals surface area contributed by atoms with E-state index in [1.807, 2.05) is 0 Å². The molecule has 0 saturated carbocycles. The van der Waals surface area contributed by atoms with Gasteiger partial charge in [-0.05, 0) is 0 Å². The molecule has 0 radical (unpaired) electrons. The van der Waals surface area contributed by atoms with Gasteiger partial charge in [-0.15, -0.1) is 0 Å². The van der Waals surface area contributed by atoms with Crippen LogP contribution in [-0.2, 0) is 4.79 Å². The highest BCUT2D eigenvalue weighted by molar-refractivity contribution is 5.94. The van der Waals surface area contributed by atoms with Crippen LogP contribution in [0.15, 0.2) is 0 Å². The van der Waals surface area contributed by atoms with Crippen molar-refractivity contribution < 1.29 is 14.7 Å². The number of nitrogens with one attached hydrogen (secondary N) is 2. The van der Waals surface area contributed by atoms with Gasteiger partial charge in [0.15, 0.2) is 0 Å². The standard InChI is InChI=1S/C9H17N3O3/c1-10-9(15)11-8(14)2-3-12-4-7(5-12)6-13/h7,13H,2-6H2,1H3,(H2,10,11,14,15). The van der Waals surface area contributed by atoms with Crippen LogP contribution in [0.1, 0.15) is 6.42 Å². The highest BCUT2D eigenvalue weighted by Crippen LogP contribution is 2.14. The van der Waals surface area contributed by atoms with Crippen molar-refractivity contribution in [3.8, 4) is 0 Å². The summed E-state index contributed by atoms with van der Waals surface area (Å²) in [5.41, 5.74) is 0. The van der Waals surface area contributed by atoms with Crippen LogP contribution in [0.25, 0.3) is 0 Å². The second-order valence-corrected chi connectivity index (χ2v) is 3.69. The molecule has 1 rings (SSSR count). The van der Waals surface area contributed by atoms with Gasteiger partial charge < -0.3 is 15.3 Å². The molecule has 0 bridgehead atoms. The second-order valence-electron chi connectivity index (χ2n) is 3.69. The molecule has 86 valence electrons. The topological polar surface area (TPSA) is 81.7 Å². The van der Waals surface area contributed by atoms with Crippen molar-refractivity contribution in [1.29, 1.82) is 0 Å². The molecule has 1 aliphatic heterocycles. The molecule has 0 aromatic heterocycles. The van der Waals surface area contributed by atoms with Gasteiger partial charge in [0.25, 0.3) is 0 Å². The van der Waals surface area contributed by atoms with Crippen LogP contribution in [0.3, 0.4) is 0 Å². The monoisotopic (exact) mass is 215 g/mol. The number of likely N-dealkylation sites (tertiary alicyclic amines) is 1. The lowest BCUT2D eigenvalue weighted by molar-refractivity contribution is -0.120. The summed E-state index contributed by atoms with van der Waals surface area (Å²) >= 11 is 0. The average Bonchev–Trinajstić information content (AvgIpc) is 2.15. The van der Waals surface area contributed by atoms with E-state index in [0.717, 1.165) is 13.1 Å². The smallest absolute Gasteiger partial charge is 0.321 e. The minimum atomic E-state index is -0.475. The molecule has 0 atom stereocenters. The first kappa shape index (κ1) is 11.9. The summed E-state index contributed by atoms with van der Waals surface area (Å²) in [6.45, 7) is 2.52. The van der Waals surface area contributed by atoms with Gasteiger partial charge in [-0.2, -0.15) is 0 Å². The van der Waals surface area contributed by atoms with E-state index < -0.39 is 6.03 Å². The van der Waals surface area contributed by atoms with Crippen molar-refractivity contribution in [2.24, 2.45) is 5.92 Å². The Bertz CT molecular complexity index is 239. The van der Waals surface area contributed by atoms with Crippen LogP contribution < -0.4 is 10.6 Å². The number of imide groups is 1. The maximum atomic E-state index is 11.2. The summed E-state index contributed by atoms with van der Waals surface area (Å²) in [5, 5.41) is 13.3. The molecule has 1 heterocycles. The summed E-state index contributed by atoms with van der Waals surface area (Å²) in [4.78, 5) is 24.0. The quantitative estimate of drug-likeness (QED) is 0.547. The number of aliphatic hydroxyl groups excluding tert-OH is 1. The number of nitrogens with zero attached hydrogens (tertiary/aromatic N) is 1. The van der Waals surface area contributed by atoms with Gasteiger partial charge in [-0.25, -0.2) is 4.79 Å². The van der Waals surface area contributed by atoms with Crippen molar-refractivity contribution in [3.05, 3.63) is 0 Å². The first-order valence-electron chi connectivity index (χ1n) is 5.00. The Kier molecular flexibility index (Phi) is 4.51. The van der Waals surface area contributed by atoms with E-state index in [4.69, 9.17) is 5.11 Å². The number of carbonyl (C=O) groups is 2. The first-order valence-corrected chi connectivity index (χ1v) is 5.00. The molecule has 3 N–H and O–H groups in total. The van der Waals surface area contributed by atoms with E-state index in [1.54, 1.807) is 0 Å². The van der Waals surface area contributed by atoms with E-state index in [2.05, 4.69) is 15.5 Å². The van der Waals surface area contributed by atoms with Crippen LogP contribution in [0.4, 0.5) is 4.79 Å². The lowest BCUT2D eigenvalue weighted by atomic mass is 10.0. The van der Waals surface area contributed by atoms with Crippen molar-refractivity contribution in [2.45, 2.75) is 6.42 Å². The maximum Gasteiger partial charge on any atom is 0.321 e. The molecule has 1 saturated heterocycles. The van der Waals surface area contributed by atoms with Gasteiger partial charge in [0.1, 0.15) is 0 Å². The SMILES string of the molecule is CNC(=O)NC(=O)CCN1CC(CO)C1. The molecule has 0 aromatic carbocycles. The van der Waals surface area contributed by atoms with E-state index in [0.29, 0.717) is 18.9 Å².